The van der Waals surface area contributed by atoms with Crippen LogP contribution in [0.1, 0.15) is 25.5 Å². The Hall–Kier alpha value is -0.870. The van der Waals surface area contributed by atoms with Crippen LogP contribution in [0.3, 0.4) is 0 Å². The normalized spacial score (nSPS) is 18.3. The highest BCUT2D eigenvalue weighted by atomic mass is 15.3. The first kappa shape index (κ1) is 13.6. The van der Waals surface area contributed by atoms with Gasteiger partial charge in [0, 0.05) is 38.4 Å². The van der Waals surface area contributed by atoms with Crippen molar-refractivity contribution < 1.29 is 0 Å². The maximum absolute atomic E-state index is 4.18. The molecule has 1 aliphatic heterocycles. The van der Waals surface area contributed by atoms with Crippen molar-refractivity contribution in [3.8, 4) is 0 Å². The Bertz CT molecular complexity index is 341. The van der Waals surface area contributed by atoms with Gasteiger partial charge in [-0.1, -0.05) is 6.92 Å². The predicted molar refractivity (Wildman–Crippen MR) is 74.6 cm³/mol. The van der Waals surface area contributed by atoms with Crippen LogP contribution in [0, 0.1) is 5.92 Å². The van der Waals surface area contributed by atoms with E-state index in [1.807, 2.05) is 17.9 Å². The fraction of sp³-hybridized carbons (Fsp3) is 0.786. The summed E-state index contributed by atoms with van der Waals surface area (Å²) >= 11 is 0. The summed E-state index contributed by atoms with van der Waals surface area (Å²) in [7, 11) is 2.01. The summed E-state index contributed by atoms with van der Waals surface area (Å²) in [6, 6.07) is 2.09. The average molecular weight is 250 g/mol. The van der Waals surface area contributed by atoms with Crippen LogP contribution in [-0.4, -0.2) is 47.4 Å². The smallest absolute Gasteiger partial charge is 0.0492 e. The summed E-state index contributed by atoms with van der Waals surface area (Å²) in [6.07, 6.45) is 5.71. The lowest BCUT2D eigenvalue weighted by atomic mass is 10.1. The Balaban J connectivity index is 1.56. The average Bonchev–Trinajstić information content (AvgIpc) is 2.97. The van der Waals surface area contributed by atoms with Crippen molar-refractivity contribution in [3.63, 3.8) is 0 Å². The molecule has 2 heterocycles. The Labute approximate surface area is 110 Å². The first-order valence-corrected chi connectivity index (χ1v) is 7.15. The summed E-state index contributed by atoms with van der Waals surface area (Å²) in [5, 5.41) is 7.74. The number of hydrogen-bond donors (Lipinski definition) is 1. The number of nitrogens with zero attached hydrogens (tertiary/aromatic N) is 3. The van der Waals surface area contributed by atoms with Gasteiger partial charge in [-0.25, -0.2) is 0 Å². The lowest BCUT2D eigenvalue weighted by molar-refractivity contribution is 0.283. The van der Waals surface area contributed by atoms with E-state index < -0.39 is 0 Å². The molecule has 0 aromatic carbocycles. The van der Waals surface area contributed by atoms with Gasteiger partial charge in [0.05, 0.1) is 0 Å². The lowest BCUT2D eigenvalue weighted by Gasteiger charge is -2.20. The van der Waals surface area contributed by atoms with Gasteiger partial charge in [-0.2, -0.15) is 5.10 Å². The molecule has 1 N–H and O–H groups in total. The molecule has 0 bridgehead atoms. The molecular weight excluding hydrogens is 224 g/mol. The van der Waals surface area contributed by atoms with E-state index in [1.54, 1.807) is 0 Å². The van der Waals surface area contributed by atoms with E-state index in [0.717, 1.165) is 25.4 Å². The van der Waals surface area contributed by atoms with Crippen molar-refractivity contribution >= 4 is 0 Å². The summed E-state index contributed by atoms with van der Waals surface area (Å²) in [6.45, 7) is 8.37. The van der Waals surface area contributed by atoms with Crippen molar-refractivity contribution in [2.45, 2.75) is 26.2 Å². The third-order valence-electron chi connectivity index (χ3n) is 3.74. The first-order valence-electron chi connectivity index (χ1n) is 7.15. The van der Waals surface area contributed by atoms with Gasteiger partial charge in [-0.15, -0.1) is 0 Å². The number of aryl methyl sites for hydroxylation is 1. The standard InChI is InChI=1S/C14H26N4/c1-13(12-18-9-3-4-10-18)11-15-7-5-14-6-8-16-17(14)2/h6,8,13,15H,3-5,7,9-12H2,1-2H3. The van der Waals surface area contributed by atoms with Crippen LogP contribution in [0.4, 0.5) is 0 Å². The molecule has 1 saturated heterocycles. The quantitative estimate of drug-likeness (QED) is 0.740. The SMILES string of the molecule is CC(CNCCc1ccnn1C)CN1CCCC1. The van der Waals surface area contributed by atoms with Crippen LogP contribution in [0.5, 0.6) is 0 Å². The highest BCUT2D eigenvalue weighted by Gasteiger charge is 2.14. The second-order valence-electron chi connectivity index (χ2n) is 5.51. The fourth-order valence-corrected chi connectivity index (χ4v) is 2.68. The van der Waals surface area contributed by atoms with E-state index in [0.29, 0.717) is 0 Å². The Morgan fingerprint density at radius 2 is 2.17 bits per heavy atom. The van der Waals surface area contributed by atoms with Crippen molar-refractivity contribution in [1.29, 1.82) is 0 Å². The second kappa shape index (κ2) is 6.90. The summed E-state index contributed by atoms with van der Waals surface area (Å²) in [5.74, 6) is 0.745. The van der Waals surface area contributed by atoms with E-state index in [1.165, 1.54) is 38.2 Å². The number of hydrogen-bond acceptors (Lipinski definition) is 3. The lowest BCUT2D eigenvalue weighted by Crippen LogP contribution is -2.32. The zero-order valence-corrected chi connectivity index (χ0v) is 11.7. The maximum atomic E-state index is 4.18. The molecule has 1 unspecified atom stereocenters. The zero-order valence-electron chi connectivity index (χ0n) is 11.7. The zero-order chi connectivity index (χ0) is 12.8. The molecule has 1 aromatic heterocycles. The minimum absolute atomic E-state index is 0.745. The second-order valence-corrected chi connectivity index (χ2v) is 5.51. The van der Waals surface area contributed by atoms with Gasteiger partial charge in [-0.05, 0) is 44.5 Å². The van der Waals surface area contributed by atoms with Gasteiger partial charge in [0.2, 0.25) is 0 Å². The Morgan fingerprint density at radius 1 is 1.39 bits per heavy atom. The molecule has 102 valence electrons. The van der Waals surface area contributed by atoms with Crippen molar-refractivity contribution in [2.24, 2.45) is 13.0 Å². The fourth-order valence-electron chi connectivity index (χ4n) is 2.68. The molecule has 0 radical (unpaired) electrons. The predicted octanol–water partition coefficient (Wildman–Crippen LogP) is 1.28. The molecule has 0 saturated carbocycles. The van der Waals surface area contributed by atoms with Crippen molar-refractivity contribution in [1.82, 2.24) is 20.0 Å². The third kappa shape index (κ3) is 4.10. The van der Waals surface area contributed by atoms with Crippen molar-refractivity contribution in [3.05, 3.63) is 18.0 Å². The Kier molecular flexibility index (Phi) is 5.20. The van der Waals surface area contributed by atoms with Gasteiger partial charge in [0.25, 0.3) is 0 Å². The minimum atomic E-state index is 0.745. The topological polar surface area (TPSA) is 33.1 Å². The van der Waals surface area contributed by atoms with Gasteiger partial charge in [-0.3, -0.25) is 4.68 Å². The highest BCUT2D eigenvalue weighted by molar-refractivity contribution is 5.00. The summed E-state index contributed by atoms with van der Waals surface area (Å²) in [5.41, 5.74) is 1.30. The largest absolute Gasteiger partial charge is 0.316 e. The van der Waals surface area contributed by atoms with E-state index in [9.17, 15) is 0 Å². The number of aromatic nitrogens is 2. The molecule has 4 nitrogen and oxygen atoms in total. The Morgan fingerprint density at radius 3 is 2.83 bits per heavy atom. The monoisotopic (exact) mass is 250 g/mol. The van der Waals surface area contributed by atoms with Gasteiger partial charge >= 0.3 is 0 Å². The molecule has 0 amide bonds. The number of rotatable bonds is 7. The molecule has 2 rings (SSSR count). The van der Waals surface area contributed by atoms with E-state index >= 15 is 0 Å². The molecule has 4 heteroatoms. The van der Waals surface area contributed by atoms with Gasteiger partial charge in [0.15, 0.2) is 0 Å². The van der Waals surface area contributed by atoms with Gasteiger partial charge < -0.3 is 10.2 Å². The van der Waals surface area contributed by atoms with E-state index in [4.69, 9.17) is 0 Å². The van der Waals surface area contributed by atoms with Gasteiger partial charge in [0.1, 0.15) is 0 Å². The summed E-state index contributed by atoms with van der Waals surface area (Å²) < 4.78 is 1.95. The number of nitrogens with one attached hydrogen (secondary N) is 1. The maximum Gasteiger partial charge on any atom is 0.0492 e. The van der Waals surface area contributed by atoms with Crippen LogP contribution in [-0.2, 0) is 13.5 Å². The molecule has 18 heavy (non-hydrogen) atoms. The third-order valence-corrected chi connectivity index (χ3v) is 3.74. The molecule has 0 aliphatic carbocycles. The highest BCUT2D eigenvalue weighted by Crippen LogP contribution is 2.09. The molecule has 1 aromatic rings. The van der Waals surface area contributed by atoms with Crippen LogP contribution in [0.2, 0.25) is 0 Å². The van der Waals surface area contributed by atoms with E-state index in [-0.39, 0.29) is 0 Å². The van der Waals surface area contributed by atoms with E-state index in [2.05, 4.69) is 28.3 Å². The van der Waals surface area contributed by atoms with Crippen LogP contribution >= 0.6 is 0 Å². The van der Waals surface area contributed by atoms with Crippen LogP contribution < -0.4 is 5.32 Å². The molecular formula is C14H26N4. The molecule has 1 atom stereocenters. The molecule has 1 fully saturated rings. The van der Waals surface area contributed by atoms with Crippen LogP contribution in [0.15, 0.2) is 12.3 Å². The van der Waals surface area contributed by atoms with Crippen LogP contribution in [0.25, 0.3) is 0 Å². The molecule has 1 aliphatic rings. The summed E-state index contributed by atoms with van der Waals surface area (Å²) in [4.78, 5) is 2.59. The first-order chi connectivity index (χ1) is 8.75. The number of likely N-dealkylation sites (tertiary alicyclic amines) is 1. The van der Waals surface area contributed by atoms with Crippen molar-refractivity contribution in [2.75, 3.05) is 32.7 Å². The minimum Gasteiger partial charge on any atom is -0.316 e. The molecule has 0 spiro atoms.